The Bertz CT molecular complexity index is 1410. The van der Waals surface area contributed by atoms with E-state index in [0.29, 0.717) is 61.3 Å². The van der Waals surface area contributed by atoms with Gasteiger partial charge in [-0.3, -0.25) is 9.59 Å². The van der Waals surface area contributed by atoms with Crippen molar-refractivity contribution in [2.45, 2.75) is 38.3 Å². The highest BCUT2D eigenvalue weighted by molar-refractivity contribution is 6.01. The van der Waals surface area contributed by atoms with Gasteiger partial charge in [0.15, 0.2) is 23.0 Å². The summed E-state index contributed by atoms with van der Waals surface area (Å²) in [5, 5.41) is 3.11. The molecule has 8 nitrogen and oxygen atoms in total. The number of amides is 2. The molecule has 3 aromatic rings. The number of ether oxygens (including phenoxy) is 4. The summed E-state index contributed by atoms with van der Waals surface area (Å²) in [7, 11) is 0. The van der Waals surface area contributed by atoms with Crippen molar-refractivity contribution >= 4 is 11.8 Å². The van der Waals surface area contributed by atoms with Gasteiger partial charge in [-0.15, -0.1) is 0 Å². The first-order valence-electron chi connectivity index (χ1n) is 13.6. The van der Waals surface area contributed by atoms with E-state index in [4.69, 9.17) is 18.9 Å². The Kier molecular flexibility index (Phi) is 6.77. The molecule has 0 spiro atoms. The number of carbonyl (C=O) groups is 2. The van der Waals surface area contributed by atoms with E-state index in [1.807, 2.05) is 79.4 Å². The maximum Gasteiger partial charge on any atom is 0.254 e. The third-order valence-corrected chi connectivity index (χ3v) is 7.54. The number of hydrogen-bond donors (Lipinski definition) is 1. The number of fused-ring (bicyclic) bond motifs is 5. The topological polar surface area (TPSA) is 86.3 Å². The third kappa shape index (κ3) is 4.54. The molecule has 1 N–H and O–H groups in total. The third-order valence-electron chi connectivity index (χ3n) is 7.54. The largest absolute Gasteiger partial charge is 0.490 e. The van der Waals surface area contributed by atoms with E-state index < -0.39 is 12.0 Å². The first kappa shape index (κ1) is 25.1. The lowest BCUT2D eigenvalue weighted by Crippen LogP contribution is -2.51. The van der Waals surface area contributed by atoms with E-state index in [9.17, 15) is 9.59 Å². The summed E-state index contributed by atoms with van der Waals surface area (Å²) >= 11 is 0. The van der Waals surface area contributed by atoms with E-state index in [2.05, 4.69) is 5.32 Å². The van der Waals surface area contributed by atoms with Crippen LogP contribution in [0.25, 0.3) is 0 Å². The summed E-state index contributed by atoms with van der Waals surface area (Å²) in [4.78, 5) is 29.5. The van der Waals surface area contributed by atoms with Gasteiger partial charge in [0.05, 0.1) is 31.7 Å². The summed E-state index contributed by atoms with van der Waals surface area (Å²) in [5.41, 5.74) is 3.28. The van der Waals surface area contributed by atoms with Crippen LogP contribution in [-0.2, 0) is 11.2 Å². The minimum Gasteiger partial charge on any atom is -0.490 e. The lowest BCUT2D eigenvalue weighted by atomic mass is 9.75. The number of hydrogen-bond acceptors (Lipinski definition) is 6. The molecule has 0 bridgehead atoms. The Hall–Kier alpha value is -4.20. The first-order valence-corrected chi connectivity index (χ1v) is 13.6. The summed E-state index contributed by atoms with van der Waals surface area (Å²) in [6.07, 6.45) is 0.352. The molecule has 3 aliphatic rings. The van der Waals surface area contributed by atoms with E-state index >= 15 is 0 Å². The normalized spacial score (nSPS) is 20.8. The zero-order chi connectivity index (χ0) is 26.9. The Labute approximate surface area is 227 Å². The van der Waals surface area contributed by atoms with Gasteiger partial charge in [0.25, 0.3) is 5.91 Å². The van der Waals surface area contributed by atoms with Gasteiger partial charge < -0.3 is 29.2 Å². The maximum atomic E-state index is 14.0. The molecule has 39 heavy (non-hydrogen) atoms. The van der Waals surface area contributed by atoms with Crippen LogP contribution in [0.15, 0.2) is 60.7 Å². The van der Waals surface area contributed by atoms with Crippen LogP contribution < -0.4 is 24.3 Å². The molecule has 2 amide bonds. The van der Waals surface area contributed by atoms with Crippen molar-refractivity contribution in [1.82, 2.24) is 10.2 Å². The minimum absolute atomic E-state index is 0.0576. The summed E-state index contributed by atoms with van der Waals surface area (Å²) in [6, 6.07) is 18.4. The molecule has 0 radical (unpaired) electrons. The SMILES string of the molecule is CCOc1cc2c(cc1OCC)[C@@H]1[C@@H](C(=O)NC[C@@H]3COc4ccccc4O3)c3ccccc3C(=O)N1CC2. The fourth-order valence-electron chi connectivity index (χ4n) is 5.84. The zero-order valence-electron chi connectivity index (χ0n) is 22.1. The van der Waals surface area contributed by atoms with Crippen LogP contribution in [0.4, 0.5) is 0 Å². The molecule has 3 heterocycles. The fraction of sp³-hybridized carbons (Fsp3) is 0.355. The van der Waals surface area contributed by atoms with Crippen LogP contribution in [0.3, 0.4) is 0 Å². The molecule has 0 fully saturated rings. The van der Waals surface area contributed by atoms with Gasteiger partial charge in [0.1, 0.15) is 12.7 Å². The molecule has 0 aromatic heterocycles. The molecule has 3 atom stereocenters. The van der Waals surface area contributed by atoms with Gasteiger partial charge in [-0.2, -0.15) is 0 Å². The van der Waals surface area contributed by atoms with Gasteiger partial charge in [0, 0.05) is 12.1 Å². The van der Waals surface area contributed by atoms with E-state index in [0.717, 1.165) is 16.7 Å². The number of benzene rings is 3. The maximum absolute atomic E-state index is 14.0. The number of nitrogens with one attached hydrogen (secondary N) is 1. The molecular formula is C31H32N2O6. The van der Waals surface area contributed by atoms with Crippen molar-refractivity contribution in [3.05, 3.63) is 82.9 Å². The molecule has 8 heteroatoms. The summed E-state index contributed by atoms with van der Waals surface area (Å²) < 4.78 is 23.7. The minimum atomic E-state index is -0.595. The molecule has 0 saturated carbocycles. The summed E-state index contributed by atoms with van der Waals surface area (Å²) in [5.74, 6) is 1.86. The second kappa shape index (κ2) is 10.5. The van der Waals surface area contributed by atoms with Crippen molar-refractivity contribution in [3.8, 4) is 23.0 Å². The van der Waals surface area contributed by atoms with Crippen molar-refractivity contribution in [2.24, 2.45) is 0 Å². The van der Waals surface area contributed by atoms with E-state index in [1.165, 1.54) is 0 Å². The first-order chi connectivity index (χ1) is 19.1. The van der Waals surface area contributed by atoms with Crippen molar-refractivity contribution < 1.29 is 28.5 Å². The van der Waals surface area contributed by atoms with Crippen LogP contribution in [-0.4, -0.2) is 55.7 Å². The van der Waals surface area contributed by atoms with Gasteiger partial charge >= 0.3 is 0 Å². The van der Waals surface area contributed by atoms with Gasteiger partial charge in [-0.25, -0.2) is 0 Å². The Morgan fingerprint density at radius 2 is 1.69 bits per heavy atom. The lowest BCUT2D eigenvalue weighted by Gasteiger charge is -2.45. The number of rotatable bonds is 7. The molecule has 3 aromatic carbocycles. The van der Waals surface area contributed by atoms with Crippen molar-refractivity contribution in [2.75, 3.05) is 32.9 Å². The van der Waals surface area contributed by atoms with Gasteiger partial charge in [-0.05, 0) is 67.3 Å². The Balaban J connectivity index is 1.34. The molecule has 0 unspecified atom stereocenters. The van der Waals surface area contributed by atoms with Crippen LogP contribution in [0, 0.1) is 0 Å². The molecule has 0 saturated heterocycles. The van der Waals surface area contributed by atoms with Gasteiger partial charge in [-0.1, -0.05) is 30.3 Å². The van der Waals surface area contributed by atoms with Crippen LogP contribution in [0.5, 0.6) is 23.0 Å². The predicted octanol–water partition coefficient (Wildman–Crippen LogP) is 4.28. The highest BCUT2D eigenvalue weighted by Crippen LogP contribution is 2.48. The van der Waals surface area contributed by atoms with Gasteiger partial charge in [0.2, 0.25) is 5.91 Å². The van der Waals surface area contributed by atoms with Crippen LogP contribution >= 0.6 is 0 Å². The smallest absolute Gasteiger partial charge is 0.254 e. The highest BCUT2D eigenvalue weighted by atomic mass is 16.6. The molecular weight excluding hydrogens is 496 g/mol. The van der Waals surface area contributed by atoms with Crippen molar-refractivity contribution in [3.63, 3.8) is 0 Å². The number of para-hydroxylation sites is 2. The zero-order valence-corrected chi connectivity index (χ0v) is 22.1. The average Bonchev–Trinajstić information content (AvgIpc) is 2.96. The number of carbonyl (C=O) groups excluding carboxylic acids is 2. The Morgan fingerprint density at radius 3 is 2.49 bits per heavy atom. The van der Waals surface area contributed by atoms with Crippen molar-refractivity contribution in [1.29, 1.82) is 0 Å². The highest BCUT2D eigenvalue weighted by Gasteiger charge is 2.46. The van der Waals surface area contributed by atoms with E-state index in [-0.39, 0.29) is 24.5 Å². The quantitative estimate of drug-likeness (QED) is 0.493. The van der Waals surface area contributed by atoms with Crippen LogP contribution in [0.1, 0.15) is 52.9 Å². The average molecular weight is 529 g/mol. The Morgan fingerprint density at radius 1 is 0.974 bits per heavy atom. The van der Waals surface area contributed by atoms with E-state index in [1.54, 1.807) is 0 Å². The molecule has 202 valence electrons. The monoisotopic (exact) mass is 528 g/mol. The standard InChI is InChI=1S/C31H32N2O6/c1-3-36-26-15-19-13-14-33-29(23(19)16-27(26)37-4-2)28(21-9-5-6-10-22(21)31(33)35)30(34)32-17-20-18-38-24-11-7-8-12-25(24)39-20/h5-12,15-16,20,28-29H,3-4,13-14,17-18H2,1-2H3,(H,32,34)/t20-,28+,29-/m1/s1. The molecule has 0 aliphatic carbocycles. The predicted molar refractivity (Wildman–Crippen MR) is 145 cm³/mol. The fourth-order valence-corrected chi connectivity index (χ4v) is 5.84. The second-order valence-electron chi connectivity index (χ2n) is 9.86. The lowest BCUT2D eigenvalue weighted by molar-refractivity contribution is -0.124. The van der Waals surface area contributed by atoms with Crippen LogP contribution in [0.2, 0.25) is 0 Å². The summed E-state index contributed by atoms with van der Waals surface area (Å²) in [6.45, 7) is 6.00. The molecule has 3 aliphatic heterocycles. The second-order valence-corrected chi connectivity index (χ2v) is 9.86. The molecule has 6 rings (SSSR count). The number of nitrogens with zero attached hydrogens (tertiary/aromatic N) is 1.